The first-order chi connectivity index (χ1) is 12.6. The highest BCUT2D eigenvalue weighted by molar-refractivity contribution is 14.0. The van der Waals surface area contributed by atoms with E-state index in [1.165, 1.54) is 30.6 Å². The summed E-state index contributed by atoms with van der Waals surface area (Å²) in [7, 11) is 5.78. The second-order valence-corrected chi connectivity index (χ2v) is 8.40. The molecule has 1 aliphatic carbocycles. The molecule has 0 amide bonds. The summed E-state index contributed by atoms with van der Waals surface area (Å²) < 4.78 is 2.04. The average Bonchev–Trinajstić information content (AvgIpc) is 3.26. The molecule has 27 heavy (non-hydrogen) atoms. The first kappa shape index (κ1) is 22.0. The second-order valence-electron chi connectivity index (χ2n) is 6.86. The van der Waals surface area contributed by atoms with Crippen molar-refractivity contribution in [1.82, 2.24) is 25.0 Å². The predicted molar refractivity (Wildman–Crippen MR) is 123 cm³/mol. The third kappa shape index (κ3) is 5.84. The minimum absolute atomic E-state index is 0. The van der Waals surface area contributed by atoms with Gasteiger partial charge in [0.05, 0.1) is 6.54 Å². The Hall–Kier alpha value is -1.29. The fourth-order valence-corrected chi connectivity index (χ4v) is 4.88. The monoisotopic (exact) mass is 500 g/mol. The summed E-state index contributed by atoms with van der Waals surface area (Å²) in [4.78, 5) is 12.2. The van der Waals surface area contributed by atoms with E-state index in [9.17, 15) is 0 Å². The van der Waals surface area contributed by atoms with Crippen LogP contribution in [0.15, 0.2) is 46.5 Å². The van der Waals surface area contributed by atoms with Crippen LogP contribution in [0.25, 0.3) is 0 Å². The molecule has 0 unspecified atom stereocenters. The highest BCUT2D eigenvalue weighted by atomic mass is 127. The molecule has 8 heteroatoms. The zero-order chi connectivity index (χ0) is 18.4. The summed E-state index contributed by atoms with van der Waals surface area (Å²) in [6.45, 7) is 1.59. The number of hydrogen-bond donors (Lipinski definition) is 1. The zero-order valence-corrected chi connectivity index (χ0v) is 19.4. The Morgan fingerprint density at radius 1 is 1.30 bits per heavy atom. The molecule has 0 radical (unpaired) electrons. The average molecular weight is 500 g/mol. The molecule has 1 N–H and O–H groups in total. The van der Waals surface area contributed by atoms with Crippen molar-refractivity contribution < 1.29 is 0 Å². The van der Waals surface area contributed by atoms with E-state index in [1.54, 1.807) is 11.0 Å². The molecule has 0 bridgehead atoms. The number of halogens is 1. The van der Waals surface area contributed by atoms with Gasteiger partial charge in [0.15, 0.2) is 5.96 Å². The number of aromatic nitrogens is 3. The lowest BCUT2D eigenvalue weighted by molar-refractivity contribution is 0.442. The molecule has 0 atom stereocenters. The van der Waals surface area contributed by atoms with Gasteiger partial charge in [0.1, 0.15) is 12.2 Å². The summed E-state index contributed by atoms with van der Waals surface area (Å²) in [5, 5.41) is 7.74. The molecule has 1 heterocycles. The minimum Gasteiger partial charge on any atom is -0.355 e. The van der Waals surface area contributed by atoms with Crippen LogP contribution in [0.4, 0.5) is 0 Å². The number of benzene rings is 1. The van der Waals surface area contributed by atoms with E-state index >= 15 is 0 Å². The Labute approximate surface area is 183 Å². The second kappa shape index (κ2) is 10.3. The number of nitrogens with zero attached hydrogens (tertiary/aromatic N) is 5. The summed E-state index contributed by atoms with van der Waals surface area (Å²) in [5.74, 6) is 1.82. The summed E-state index contributed by atoms with van der Waals surface area (Å²) in [6, 6.07) is 10.7. The third-order valence-electron chi connectivity index (χ3n) is 4.92. The Balaban J connectivity index is 0.00000261. The fraction of sp³-hybridized carbons (Fsp3) is 0.526. The maximum atomic E-state index is 4.46. The molecule has 148 valence electrons. The third-order valence-corrected chi connectivity index (χ3v) is 6.41. The smallest absolute Gasteiger partial charge is 0.193 e. The Morgan fingerprint density at radius 3 is 2.59 bits per heavy atom. The number of aliphatic imine (C=N–C) groups is 1. The molecule has 0 aliphatic heterocycles. The predicted octanol–water partition coefficient (Wildman–Crippen LogP) is 3.55. The van der Waals surface area contributed by atoms with Crippen LogP contribution in [-0.2, 0) is 13.6 Å². The van der Waals surface area contributed by atoms with Crippen molar-refractivity contribution >= 4 is 41.7 Å². The minimum atomic E-state index is 0. The Bertz CT molecular complexity index is 727. The summed E-state index contributed by atoms with van der Waals surface area (Å²) in [6.07, 6.45) is 6.67. The Kier molecular flexibility index (Phi) is 8.40. The maximum absolute atomic E-state index is 4.46. The van der Waals surface area contributed by atoms with Crippen LogP contribution in [0.5, 0.6) is 0 Å². The summed E-state index contributed by atoms with van der Waals surface area (Å²) >= 11 is 2.01. The van der Waals surface area contributed by atoms with Crippen LogP contribution in [0.1, 0.15) is 31.5 Å². The van der Waals surface area contributed by atoms with E-state index in [2.05, 4.69) is 55.6 Å². The van der Waals surface area contributed by atoms with Crippen LogP contribution in [0.2, 0.25) is 0 Å². The topological polar surface area (TPSA) is 58.3 Å². The first-order valence-corrected chi connectivity index (χ1v) is 9.92. The van der Waals surface area contributed by atoms with Crippen molar-refractivity contribution in [2.24, 2.45) is 12.0 Å². The SMILES string of the molecule is CN=C(NCC1(Sc2ccccc2)CCCC1)N(C)Cc1ncnn1C.I. The van der Waals surface area contributed by atoms with Gasteiger partial charge in [-0.15, -0.1) is 35.7 Å². The lowest BCUT2D eigenvalue weighted by Gasteiger charge is -2.31. The molecule has 1 fully saturated rings. The van der Waals surface area contributed by atoms with Crippen LogP contribution < -0.4 is 5.32 Å². The fourth-order valence-electron chi connectivity index (χ4n) is 3.45. The van der Waals surface area contributed by atoms with Gasteiger partial charge in [0, 0.05) is 37.3 Å². The van der Waals surface area contributed by atoms with Crippen molar-refractivity contribution in [3.05, 3.63) is 42.5 Å². The van der Waals surface area contributed by atoms with Crippen molar-refractivity contribution in [2.75, 3.05) is 20.6 Å². The molecular weight excluding hydrogens is 471 g/mol. The number of nitrogens with one attached hydrogen (secondary N) is 1. The van der Waals surface area contributed by atoms with Gasteiger partial charge in [0.2, 0.25) is 0 Å². The molecule has 0 spiro atoms. The van der Waals surface area contributed by atoms with Crippen LogP contribution >= 0.6 is 35.7 Å². The number of rotatable bonds is 6. The van der Waals surface area contributed by atoms with E-state index < -0.39 is 0 Å². The molecule has 3 rings (SSSR count). The molecule has 2 aromatic rings. The van der Waals surface area contributed by atoms with Gasteiger partial charge in [-0.1, -0.05) is 31.0 Å². The van der Waals surface area contributed by atoms with E-state index in [1.807, 2.05) is 32.9 Å². The standard InChI is InChI=1S/C19H28N6S.HI/c1-20-18(24(2)13-17-22-15-23-25(17)3)21-14-19(11-7-8-12-19)26-16-9-5-4-6-10-16;/h4-6,9-10,15H,7-8,11-14H2,1-3H3,(H,20,21);1H. The van der Waals surface area contributed by atoms with E-state index in [0.29, 0.717) is 6.54 Å². The normalized spacial score (nSPS) is 16.0. The molecule has 1 aromatic heterocycles. The molecule has 1 saturated carbocycles. The number of thioether (sulfide) groups is 1. The zero-order valence-electron chi connectivity index (χ0n) is 16.3. The molecule has 0 saturated heterocycles. The lowest BCUT2D eigenvalue weighted by atomic mass is 10.1. The van der Waals surface area contributed by atoms with E-state index in [-0.39, 0.29) is 28.7 Å². The number of guanidine groups is 1. The highest BCUT2D eigenvalue weighted by Crippen LogP contribution is 2.44. The van der Waals surface area contributed by atoms with Gasteiger partial charge in [-0.25, -0.2) is 4.98 Å². The van der Waals surface area contributed by atoms with E-state index in [0.717, 1.165) is 18.3 Å². The number of aryl methyl sites for hydroxylation is 1. The van der Waals surface area contributed by atoms with Crippen molar-refractivity contribution in [3.8, 4) is 0 Å². The van der Waals surface area contributed by atoms with Crippen molar-refractivity contribution in [1.29, 1.82) is 0 Å². The maximum Gasteiger partial charge on any atom is 0.193 e. The van der Waals surface area contributed by atoms with Gasteiger partial charge < -0.3 is 10.2 Å². The van der Waals surface area contributed by atoms with Crippen LogP contribution in [-0.4, -0.2) is 51.0 Å². The molecule has 1 aromatic carbocycles. The largest absolute Gasteiger partial charge is 0.355 e. The van der Waals surface area contributed by atoms with Crippen LogP contribution in [0, 0.1) is 0 Å². The van der Waals surface area contributed by atoms with E-state index in [4.69, 9.17) is 0 Å². The van der Waals surface area contributed by atoms with Gasteiger partial charge in [-0.3, -0.25) is 9.67 Å². The molecular formula is C19H29IN6S. The Morgan fingerprint density at radius 2 is 2.00 bits per heavy atom. The molecule has 6 nitrogen and oxygen atoms in total. The van der Waals surface area contributed by atoms with Gasteiger partial charge in [-0.05, 0) is 25.0 Å². The lowest BCUT2D eigenvalue weighted by Crippen LogP contribution is -2.45. The van der Waals surface area contributed by atoms with Crippen molar-refractivity contribution in [3.63, 3.8) is 0 Å². The summed E-state index contributed by atoms with van der Waals surface area (Å²) in [5.41, 5.74) is 0. The van der Waals surface area contributed by atoms with Crippen LogP contribution in [0.3, 0.4) is 0 Å². The highest BCUT2D eigenvalue weighted by Gasteiger charge is 2.35. The number of hydrogen-bond acceptors (Lipinski definition) is 4. The van der Waals surface area contributed by atoms with Gasteiger partial charge in [-0.2, -0.15) is 5.10 Å². The first-order valence-electron chi connectivity index (χ1n) is 9.11. The quantitative estimate of drug-likeness (QED) is 0.374. The van der Waals surface area contributed by atoms with Crippen molar-refractivity contribution in [2.45, 2.75) is 41.9 Å². The molecule has 1 aliphatic rings. The van der Waals surface area contributed by atoms with Gasteiger partial charge in [0.25, 0.3) is 0 Å². The van der Waals surface area contributed by atoms with Gasteiger partial charge >= 0.3 is 0 Å².